The van der Waals surface area contributed by atoms with E-state index >= 15 is 0 Å². The van der Waals surface area contributed by atoms with Crippen molar-refractivity contribution in [3.05, 3.63) is 66.1 Å². The van der Waals surface area contributed by atoms with E-state index in [9.17, 15) is 4.79 Å². The molecule has 0 bridgehead atoms. The number of nitrogens with one attached hydrogen (secondary N) is 1. The number of fused-ring (bicyclic) bond motifs is 1. The number of rotatable bonds is 7. The number of amides is 1. The Bertz CT molecular complexity index is 879. The van der Waals surface area contributed by atoms with Crippen LogP contribution in [-0.4, -0.2) is 27.3 Å². The first-order valence-electron chi connectivity index (χ1n) is 8.36. The molecule has 0 aliphatic carbocycles. The second-order valence-electron chi connectivity index (χ2n) is 5.94. The van der Waals surface area contributed by atoms with Crippen LogP contribution in [0.25, 0.3) is 10.9 Å². The molecule has 0 saturated carbocycles. The Labute approximate surface area is 146 Å². The summed E-state index contributed by atoms with van der Waals surface area (Å²) in [7, 11) is 0. The number of pyridine rings is 1. The molecule has 2 aromatic heterocycles. The molecular formula is C20H20N4O. The van der Waals surface area contributed by atoms with Crippen molar-refractivity contribution >= 4 is 16.8 Å². The number of aryl methyl sites for hydroxylation is 1. The number of aromatic amines is 1. The molecule has 0 spiro atoms. The summed E-state index contributed by atoms with van der Waals surface area (Å²) in [5.41, 5.74) is 3.20. The maximum absolute atomic E-state index is 12.7. The van der Waals surface area contributed by atoms with Gasteiger partial charge >= 0.3 is 0 Å². The van der Waals surface area contributed by atoms with Gasteiger partial charge in [-0.15, -0.1) is 0 Å². The minimum absolute atomic E-state index is 0.0596. The molecule has 1 N–H and O–H groups in total. The summed E-state index contributed by atoms with van der Waals surface area (Å²) in [4.78, 5) is 21.7. The van der Waals surface area contributed by atoms with E-state index in [2.05, 4.69) is 22.1 Å². The van der Waals surface area contributed by atoms with Gasteiger partial charge in [0, 0.05) is 49.0 Å². The van der Waals surface area contributed by atoms with Gasteiger partial charge in [-0.3, -0.25) is 9.78 Å². The SMILES string of the molecule is N#CCCN(Cc1cccnc1)C(=O)CCc1c[nH]c2ccccc12. The van der Waals surface area contributed by atoms with Gasteiger partial charge in [-0.1, -0.05) is 24.3 Å². The zero-order valence-electron chi connectivity index (χ0n) is 14.0. The number of para-hydroxylation sites is 1. The van der Waals surface area contributed by atoms with Crippen molar-refractivity contribution in [3.8, 4) is 6.07 Å². The lowest BCUT2D eigenvalue weighted by Gasteiger charge is -2.21. The van der Waals surface area contributed by atoms with Crippen LogP contribution in [0.5, 0.6) is 0 Å². The second kappa shape index (κ2) is 8.11. The number of benzene rings is 1. The van der Waals surface area contributed by atoms with E-state index in [0.717, 1.165) is 22.0 Å². The highest BCUT2D eigenvalue weighted by Crippen LogP contribution is 2.19. The summed E-state index contributed by atoms with van der Waals surface area (Å²) >= 11 is 0. The van der Waals surface area contributed by atoms with Gasteiger partial charge in [0.15, 0.2) is 0 Å². The number of nitrogens with zero attached hydrogens (tertiary/aromatic N) is 3. The fraction of sp³-hybridized carbons (Fsp3) is 0.250. The van der Waals surface area contributed by atoms with E-state index in [-0.39, 0.29) is 5.91 Å². The molecule has 25 heavy (non-hydrogen) atoms. The molecule has 5 heteroatoms. The first-order valence-corrected chi connectivity index (χ1v) is 8.36. The van der Waals surface area contributed by atoms with Crippen molar-refractivity contribution in [1.82, 2.24) is 14.9 Å². The van der Waals surface area contributed by atoms with Crippen LogP contribution in [0.15, 0.2) is 55.0 Å². The average molecular weight is 332 g/mol. The molecule has 3 aromatic rings. The number of H-pyrrole nitrogens is 1. The van der Waals surface area contributed by atoms with Gasteiger partial charge in [-0.2, -0.15) is 5.26 Å². The van der Waals surface area contributed by atoms with Crippen molar-refractivity contribution in [2.75, 3.05) is 6.54 Å². The molecule has 1 aromatic carbocycles. The number of nitriles is 1. The molecule has 2 heterocycles. The smallest absolute Gasteiger partial charge is 0.223 e. The molecule has 3 rings (SSSR count). The molecule has 0 atom stereocenters. The van der Waals surface area contributed by atoms with Gasteiger partial charge < -0.3 is 9.88 Å². The predicted octanol–water partition coefficient (Wildman–Crippen LogP) is 3.44. The van der Waals surface area contributed by atoms with E-state index in [1.807, 2.05) is 36.5 Å². The van der Waals surface area contributed by atoms with Gasteiger partial charge in [-0.05, 0) is 29.7 Å². The number of aromatic nitrogens is 2. The van der Waals surface area contributed by atoms with Crippen LogP contribution in [0.1, 0.15) is 24.0 Å². The molecule has 0 aliphatic rings. The Morgan fingerprint density at radius 2 is 2.12 bits per heavy atom. The van der Waals surface area contributed by atoms with Crippen LogP contribution >= 0.6 is 0 Å². The number of carbonyl (C=O) groups is 1. The van der Waals surface area contributed by atoms with Gasteiger partial charge in [-0.25, -0.2) is 0 Å². The zero-order valence-corrected chi connectivity index (χ0v) is 14.0. The van der Waals surface area contributed by atoms with Gasteiger partial charge in [0.1, 0.15) is 0 Å². The number of hydrogen-bond donors (Lipinski definition) is 1. The Kier molecular flexibility index (Phi) is 5.43. The summed E-state index contributed by atoms with van der Waals surface area (Å²) < 4.78 is 0. The fourth-order valence-corrected chi connectivity index (χ4v) is 2.93. The van der Waals surface area contributed by atoms with Crippen molar-refractivity contribution in [1.29, 1.82) is 5.26 Å². The lowest BCUT2D eigenvalue weighted by atomic mass is 10.1. The number of carbonyl (C=O) groups excluding carboxylic acids is 1. The minimum Gasteiger partial charge on any atom is -0.361 e. The molecule has 0 radical (unpaired) electrons. The lowest BCUT2D eigenvalue weighted by Crippen LogP contribution is -2.31. The molecular weight excluding hydrogens is 312 g/mol. The average Bonchev–Trinajstić information content (AvgIpc) is 3.07. The normalized spacial score (nSPS) is 10.5. The third-order valence-electron chi connectivity index (χ3n) is 4.23. The van der Waals surface area contributed by atoms with Gasteiger partial charge in [0.25, 0.3) is 0 Å². The Morgan fingerprint density at radius 3 is 2.92 bits per heavy atom. The molecule has 0 fully saturated rings. The first-order chi connectivity index (χ1) is 12.3. The van der Waals surface area contributed by atoms with Crippen LogP contribution in [0.3, 0.4) is 0 Å². The summed E-state index contributed by atoms with van der Waals surface area (Å²) in [6.07, 6.45) is 6.87. The highest BCUT2D eigenvalue weighted by atomic mass is 16.2. The molecule has 126 valence electrons. The van der Waals surface area contributed by atoms with Crippen LogP contribution in [-0.2, 0) is 17.8 Å². The van der Waals surface area contributed by atoms with Crippen molar-refractivity contribution in [2.45, 2.75) is 25.8 Å². The molecule has 0 aliphatic heterocycles. The van der Waals surface area contributed by atoms with Crippen LogP contribution < -0.4 is 0 Å². The van der Waals surface area contributed by atoms with E-state index < -0.39 is 0 Å². The van der Waals surface area contributed by atoms with Crippen LogP contribution in [0.4, 0.5) is 0 Å². The van der Waals surface area contributed by atoms with E-state index in [4.69, 9.17) is 5.26 Å². The van der Waals surface area contributed by atoms with E-state index in [1.54, 1.807) is 17.3 Å². The maximum atomic E-state index is 12.7. The van der Waals surface area contributed by atoms with Gasteiger partial charge in [0.2, 0.25) is 5.91 Å². The summed E-state index contributed by atoms with van der Waals surface area (Å²) in [6, 6.07) is 14.0. The topological polar surface area (TPSA) is 72.8 Å². The lowest BCUT2D eigenvalue weighted by molar-refractivity contribution is -0.131. The van der Waals surface area contributed by atoms with Crippen molar-refractivity contribution in [3.63, 3.8) is 0 Å². The quantitative estimate of drug-likeness (QED) is 0.720. The highest BCUT2D eigenvalue weighted by molar-refractivity contribution is 5.84. The third kappa shape index (κ3) is 4.24. The predicted molar refractivity (Wildman–Crippen MR) is 96.5 cm³/mol. The Morgan fingerprint density at radius 1 is 1.24 bits per heavy atom. The summed E-state index contributed by atoms with van der Waals surface area (Å²) in [5, 5.41) is 10.0. The molecule has 1 amide bonds. The monoisotopic (exact) mass is 332 g/mol. The Hall–Kier alpha value is -3.13. The van der Waals surface area contributed by atoms with Crippen LogP contribution in [0.2, 0.25) is 0 Å². The largest absolute Gasteiger partial charge is 0.361 e. The van der Waals surface area contributed by atoms with Crippen molar-refractivity contribution < 1.29 is 4.79 Å². The summed E-state index contributed by atoms with van der Waals surface area (Å²) in [5.74, 6) is 0.0596. The zero-order chi connectivity index (χ0) is 17.5. The second-order valence-corrected chi connectivity index (χ2v) is 5.94. The number of hydrogen-bond acceptors (Lipinski definition) is 3. The summed E-state index contributed by atoms with van der Waals surface area (Å²) in [6.45, 7) is 0.931. The van der Waals surface area contributed by atoms with E-state index in [1.165, 1.54) is 0 Å². The molecule has 0 unspecified atom stereocenters. The highest BCUT2D eigenvalue weighted by Gasteiger charge is 2.15. The first kappa shape index (κ1) is 16.7. The standard InChI is InChI=1S/C20H20N4O/c21-10-4-12-24(15-16-5-3-11-22-13-16)20(25)9-8-17-14-23-19-7-2-1-6-18(17)19/h1-3,5-7,11,13-14,23H,4,8-9,12,15H2. The fourth-order valence-electron chi connectivity index (χ4n) is 2.93. The van der Waals surface area contributed by atoms with Crippen molar-refractivity contribution in [2.24, 2.45) is 0 Å². The van der Waals surface area contributed by atoms with Gasteiger partial charge in [0.05, 0.1) is 12.5 Å². The molecule has 5 nitrogen and oxygen atoms in total. The maximum Gasteiger partial charge on any atom is 0.223 e. The Balaban J connectivity index is 1.66. The van der Waals surface area contributed by atoms with Crippen LogP contribution in [0, 0.1) is 11.3 Å². The van der Waals surface area contributed by atoms with E-state index in [0.29, 0.717) is 32.4 Å². The third-order valence-corrected chi connectivity index (χ3v) is 4.23. The minimum atomic E-state index is 0.0596. The molecule has 0 saturated heterocycles.